The number of nitrogens with zero attached hydrogens (tertiary/aromatic N) is 2. The average Bonchev–Trinajstić information content (AvgIpc) is 2.92. The lowest BCUT2D eigenvalue weighted by molar-refractivity contribution is -0.131. The molecule has 0 unspecified atom stereocenters. The van der Waals surface area contributed by atoms with Gasteiger partial charge in [0.1, 0.15) is 0 Å². The molecule has 1 saturated heterocycles. The summed E-state index contributed by atoms with van der Waals surface area (Å²) in [6.45, 7) is 2.50. The van der Waals surface area contributed by atoms with Crippen molar-refractivity contribution in [1.29, 1.82) is 0 Å². The van der Waals surface area contributed by atoms with Crippen LogP contribution in [0.15, 0.2) is 54.6 Å². The molecular weight excluding hydrogens is 348 g/mol. The molecule has 0 radical (unpaired) electrons. The molecule has 2 aromatic carbocycles. The third kappa shape index (κ3) is 4.85. The SMILES string of the molecule is O=C(CCc1ccccc1)N1CCCN(C(=O)c2cccc(Cl)c2)CC1. The Morgan fingerprint density at radius 2 is 1.62 bits per heavy atom. The molecule has 0 aliphatic carbocycles. The number of hydrogen-bond donors (Lipinski definition) is 0. The highest BCUT2D eigenvalue weighted by Crippen LogP contribution is 2.15. The number of rotatable bonds is 4. The zero-order chi connectivity index (χ0) is 18.4. The Morgan fingerprint density at radius 1 is 0.885 bits per heavy atom. The molecule has 0 spiro atoms. The Bertz CT molecular complexity index is 764. The summed E-state index contributed by atoms with van der Waals surface area (Å²) in [6, 6.07) is 17.1. The number of benzene rings is 2. The molecule has 1 fully saturated rings. The van der Waals surface area contributed by atoms with Gasteiger partial charge in [-0.05, 0) is 36.6 Å². The Hall–Kier alpha value is -2.33. The molecule has 26 heavy (non-hydrogen) atoms. The molecule has 136 valence electrons. The van der Waals surface area contributed by atoms with Gasteiger partial charge in [-0.25, -0.2) is 0 Å². The van der Waals surface area contributed by atoms with E-state index in [0.717, 1.165) is 12.8 Å². The van der Waals surface area contributed by atoms with E-state index >= 15 is 0 Å². The molecule has 3 rings (SSSR count). The van der Waals surface area contributed by atoms with Crippen LogP contribution in [0.25, 0.3) is 0 Å². The van der Waals surface area contributed by atoms with Crippen molar-refractivity contribution in [2.45, 2.75) is 19.3 Å². The molecule has 0 bridgehead atoms. The lowest BCUT2D eigenvalue weighted by Gasteiger charge is -2.22. The molecule has 1 aliphatic heterocycles. The van der Waals surface area contributed by atoms with E-state index in [2.05, 4.69) is 0 Å². The van der Waals surface area contributed by atoms with Crippen LogP contribution in [0.2, 0.25) is 5.02 Å². The first kappa shape index (κ1) is 18.5. The van der Waals surface area contributed by atoms with Gasteiger partial charge in [0.05, 0.1) is 0 Å². The van der Waals surface area contributed by atoms with Crippen LogP contribution in [0.3, 0.4) is 0 Å². The average molecular weight is 371 g/mol. The van der Waals surface area contributed by atoms with Crippen LogP contribution >= 0.6 is 11.6 Å². The quantitative estimate of drug-likeness (QED) is 0.824. The first-order valence-corrected chi connectivity index (χ1v) is 9.38. The number of amides is 2. The lowest BCUT2D eigenvalue weighted by Crippen LogP contribution is -2.37. The normalized spacial score (nSPS) is 14.8. The first-order valence-electron chi connectivity index (χ1n) is 9.00. The Balaban J connectivity index is 1.54. The van der Waals surface area contributed by atoms with Crippen molar-refractivity contribution in [2.75, 3.05) is 26.2 Å². The van der Waals surface area contributed by atoms with Gasteiger partial charge in [0.2, 0.25) is 5.91 Å². The van der Waals surface area contributed by atoms with Crippen molar-refractivity contribution in [3.8, 4) is 0 Å². The van der Waals surface area contributed by atoms with Crippen molar-refractivity contribution < 1.29 is 9.59 Å². The van der Waals surface area contributed by atoms with E-state index in [1.165, 1.54) is 5.56 Å². The minimum atomic E-state index is -0.0221. The van der Waals surface area contributed by atoms with Crippen LogP contribution < -0.4 is 0 Å². The molecule has 4 nitrogen and oxygen atoms in total. The van der Waals surface area contributed by atoms with Crippen molar-refractivity contribution >= 4 is 23.4 Å². The first-order chi connectivity index (χ1) is 12.6. The molecule has 0 saturated carbocycles. The van der Waals surface area contributed by atoms with Gasteiger partial charge in [-0.15, -0.1) is 0 Å². The lowest BCUT2D eigenvalue weighted by atomic mass is 10.1. The largest absolute Gasteiger partial charge is 0.341 e. The standard InChI is InChI=1S/C21H23ClN2O2/c22-19-9-4-8-18(16-19)21(26)24-13-5-12-23(14-15-24)20(25)11-10-17-6-2-1-3-7-17/h1-4,6-9,16H,5,10-15H2. The topological polar surface area (TPSA) is 40.6 Å². The zero-order valence-electron chi connectivity index (χ0n) is 14.7. The number of hydrogen-bond acceptors (Lipinski definition) is 2. The van der Waals surface area contributed by atoms with Gasteiger partial charge >= 0.3 is 0 Å². The summed E-state index contributed by atoms with van der Waals surface area (Å²) in [5, 5.41) is 0.559. The fourth-order valence-corrected chi connectivity index (χ4v) is 3.42. The fourth-order valence-electron chi connectivity index (χ4n) is 3.23. The fraction of sp³-hybridized carbons (Fsp3) is 0.333. The van der Waals surface area contributed by atoms with E-state index in [1.807, 2.05) is 40.1 Å². The maximum atomic E-state index is 12.7. The second kappa shape index (κ2) is 8.86. The van der Waals surface area contributed by atoms with Gasteiger partial charge in [0.25, 0.3) is 5.91 Å². The van der Waals surface area contributed by atoms with E-state index in [1.54, 1.807) is 24.3 Å². The van der Waals surface area contributed by atoms with Gasteiger partial charge in [-0.2, -0.15) is 0 Å². The highest BCUT2D eigenvalue weighted by molar-refractivity contribution is 6.30. The summed E-state index contributed by atoms with van der Waals surface area (Å²) in [6.07, 6.45) is 2.05. The van der Waals surface area contributed by atoms with E-state index < -0.39 is 0 Å². The van der Waals surface area contributed by atoms with E-state index in [0.29, 0.717) is 43.2 Å². The van der Waals surface area contributed by atoms with Crippen molar-refractivity contribution in [1.82, 2.24) is 9.80 Å². The number of carbonyl (C=O) groups is 2. The third-order valence-electron chi connectivity index (χ3n) is 4.68. The van der Waals surface area contributed by atoms with Gasteiger partial charge in [-0.1, -0.05) is 48.0 Å². The summed E-state index contributed by atoms with van der Waals surface area (Å²) in [5.41, 5.74) is 1.77. The molecule has 2 aromatic rings. The van der Waals surface area contributed by atoms with Crippen LogP contribution in [0, 0.1) is 0 Å². The highest BCUT2D eigenvalue weighted by Gasteiger charge is 2.22. The Kier molecular flexibility index (Phi) is 6.29. The van der Waals surface area contributed by atoms with E-state index in [4.69, 9.17) is 11.6 Å². The summed E-state index contributed by atoms with van der Waals surface area (Å²) < 4.78 is 0. The number of halogens is 1. The molecular formula is C21H23ClN2O2. The Labute approximate surface area is 159 Å². The highest BCUT2D eigenvalue weighted by atomic mass is 35.5. The number of aryl methyl sites for hydroxylation is 1. The molecule has 0 N–H and O–H groups in total. The number of carbonyl (C=O) groups excluding carboxylic acids is 2. The van der Waals surface area contributed by atoms with Crippen molar-refractivity contribution in [2.24, 2.45) is 0 Å². The van der Waals surface area contributed by atoms with Crippen LogP contribution in [0.1, 0.15) is 28.8 Å². The second-order valence-electron chi connectivity index (χ2n) is 6.52. The van der Waals surface area contributed by atoms with Gasteiger partial charge in [0.15, 0.2) is 0 Å². The predicted molar refractivity (Wildman–Crippen MR) is 103 cm³/mol. The van der Waals surface area contributed by atoms with Crippen molar-refractivity contribution in [3.63, 3.8) is 0 Å². The minimum Gasteiger partial charge on any atom is -0.341 e. The summed E-state index contributed by atoms with van der Waals surface area (Å²) in [7, 11) is 0. The van der Waals surface area contributed by atoms with Crippen LogP contribution in [-0.2, 0) is 11.2 Å². The zero-order valence-corrected chi connectivity index (χ0v) is 15.5. The van der Waals surface area contributed by atoms with Crippen LogP contribution in [0.4, 0.5) is 0 Å². The Morgan fingerprint density at radius 3 is 2.38 bits per heavy atom. The minimum absolute atomic E-state index is 0.0221. The van der Waals surface area contributed by atoms with Crippen LogP contribution in [0.5, 0.6) is 0 Å². The van der Waals surface area contributed by atoms with Gasteiger partial charge in [-0.3, -0.25) is 9.59 Å². The maximum Gasteiger partial charge on any atom is 0.253 e. The van der Waals surface area contributed by atoms with E-state index in [-0.39, 0.29) is 11.8 Å². The summed E-state index contributed by atoms with van der Waals surface area (Å²) in [4.78, 5) is 28.9. The van der Waals surface area contributed by atoms with Crippen LogP contribution in [-0.4, -0.2) is 47.8 Å². The molecule has 1 heterocycles. The monoisotopic (exact) mass is 370 g/mol. The molecule has 5 heteroatoms. The molecule has 0 aromatic heterocycles. The summed E-state index contributed by atoms with van der Waals surface area (Å²) in [5.74, 6) is 0.136. The second-order valence-corrected chi connectivity index (χ2v) is 6.96. The van der Waals surface area contributed by atoms with E-state index in [9.17, 15) is 9.59 Å². The third-order valence-corrected chi connectivity index (χ3v) is 4.91. The van der Waals surface area contributed by atoms with Gasteiger partial charge in [0, 0.05) is 43.2 Å². The molecule has 2 amide bonds. The molecule has 0 atom stereocenters. The predicted octanol–water partition coefficient (Wildman–Crippen LogP) is 3.65. The summed E-state index contributed by atoms with van der Waals surface area (Å²) >= 11 is 5.99. The van der Waals surface area contributed by atoms with Crippen molar-refractivity contribution in [3.05, 3.63) is 70.7 Å². The maximum absolute atomic E-state index is 12.7. The molecule has 1 aliphatic rings. The van der Waals surface area contributed by atoms with Gasteiger partial charge < -0.3 is 9.80 Å². The smallest absolute Gasteiger partial charge is 0.253 e.